The number of ether oxygens (including phenoxy) is 1. The van der Waals surface area contributed by atoms with Crippen molar-refractivity contribution in [2.45, 2.75) is 46.1 Å². The molecule has 1 aromatic carbocycles. The number of phenols is 1. The van der Waals surface area contributed by atoms with E-state index in [1.165, 1.54) is 12.5 Å². The first-order chi connectivity index (χ1) is 9.34. The van der Waals surface area contributed by atoms with Crippen molar-refractivity contribution < 1.29 is 14.6 Å². The third-order valence-corrected chi connectivity index (χ3v) is 6.05. The summed E-state index contributed by atoms with van der Waals surface area (Å²) in [4.78, 5) is 12.2. The van der Waals surface area contributed by atoms with E-state index in [1.807, 2.05) is 0 Å². The first-order valence-corrected chi connectivity index (χ1v) is 7.34. The van der Waals surface area contributed by atoms with Crippen LogP contribution in [-0.2, 0) is 4.74 Å². The summed E-state index contributed by atoms with van der Waals surface area (Å²) < 4.78 is 5.77. The Bertz CT molecular complexity index is 549. The second-order valence-corrected chi connectivity index (χ2v) is 7.05. The van der Waals surface area contributed by atoms with Crippen molar-refractivity contribution in [1.29, 1.82) is 0 Å². The number of carbonyl (C=O) groups is 1. The Morgan fingerprint density at radius 3 is 2.65 bits per heavy atom. The van der Waals surface area contributed by atoms with Gasteiger partial charge in [-0.2, -0.15) is 0 Å². The Kier molecular flexibility index (Phi) is 2.86. The molecule has 1 aromatic rings. The molecule has 2 bridgehead atoms. The molecule has 108 valence electrons. The van der Waals surface area contributed by atoms with Crippen LogP contribution in [0.5, 0.6) is 5.75 Å². The largest absolute Gasteiger partial charge is 0.508 e. The van der Waals surface area contributed by atoms with Crippen molar-refractivity contribution >= 4 is 5.97 Å². The van der Waals surface area contributed by atoms with E-state index in [0.717, 1.165) is 12.8 Å². The lowest BCUT2D eigenvalue weighted by Gasteiger charge is -2.38. The third kappa shape index (κ3) is 1.75. The first-order valence-electron chi connectivity index (χ1n) is 7.34. The van der Waals surface area contributed by atoms with E-state index in [0.29, 0.717) is 11.5 Å². The van der Waals surface area contributed by atoms with Crippen molar-refractivity contribution in [2.75, 3.05) is 0 Å². The summed E-state index contributed by atoms with van der Waals surface area (Å²) in [5.74, 6) is 0.420. The summed E-state index contributed by atoms with van der Waals surface area (Å²) in [6, 6.07) is 6.36. The van der Waals surface area contributed by atoms with E-state index in [9.17, 15) is 9.90 Å². The van der Waals surface area contributed by atoms with Gasteiger partial charge in [0, 0.05) is 5.41 Å². The molecule has 0 spiro atoms. The highest BCUT2D eigenvalue weighted by Crippen LogP contribution is 2.66. The maximum absolute atomic E-state index is 12.2. The van der Waals surface area contributed by atoms with Gasteiger partial charge in [0.15, 0.2) is 0 Å². The highest BCUT2D eigenvalue weighted by atomic mass is 16.5. The van der Waals surface area contributed by atoms with Crippen LogP contribution in [0.1, 0.15) is 50.4 Å². The lowest BCUT2D eigenvalue weighted by Crippen LogP contribution is -2.38. The molecule has 2 fully saturated rings. The number of carbonyl (C=O) groups excluding carboxylic acids is 1. The molecule has 3 atom stereocenters. The molecule has 1 N–H and O–H groups in total. The standard InChI is InChI=1S/C17H22O3/c1-16(2)12-7-8-17(16,3)14(10-12)20-15(19)11-5-4-6-13(18)9-11/h4-6,9,12,14,18H,7-8,10H2,1-3H3. The SMILES string of the molecule is CC1(C)C2CCC1(C)C(OC(=O)c1cccc(O)c1)C2. The van der Waals surface area contributed by atoms with Crippen molar-refractivity contribution in [2.24, 2.45) is 16.7 Å². The molecule has 3 unspecified atom stereocenters. The molecule has 0 aromatic heterocycles. The molecule has 0 heterocycles. The maximum atomic E-state index is 12.2. The maximum Gasteiger partial charge on any atom is 0.338 e. The molecule has 0 amide bonds. The Morgan fingerprint density at radius 2 is 2.10 bits per heavy atom. The first kappa shape index (κ1) is 13.5. The lowest BCUT2D eigenvalue weighted by atomic mass is 9.70. The van der Waals surface area contributed by atoms with Crippen LogP contribution in [0.15, 0.2) is 24.3 Å². The van der Waals surface area contributed by atoms with Crippen LogP contribution >= 0.6 is 0 Å². The van der Waals surface area contributed by atoms with Gasteiger partial charge in [0.2, 0.25) is 0 Å². The normalized spacial score (nSPS) is 34.1. The second kappa shape index (κ2) is 4.24. The number of hydrogen-bond acceptors (Lipinski definition) is 3. The van der Waals surface area contributed by atoms with Gasteiger partial charge < -0.3 is 9.84 Å². The molecule has 3 heteroatoms. The van der Waals surface area contributed by atoms with Crippen molar-refractivity contribution in [3.8, 4) is 5.75 Å². The molecule has 3 nitrogen and oxygen atoms in total. The number of hydrogen-bond donors (Lipinski definition) is 1. The third-order valence-electron chi connectivity index (χ3n) is 6.05. The Morgan fingerprint density at radius 1 is 1.35 bits per heavy atom. The molecule has 2 aliphatic carbocycles. The average Bonchev–Trinajstić information content (AvgIpc) is 2.72. The fourth-order valence-corrected chi connectivity index (χ4v) is 4.14. The average molecular weight is 274 g/mol. The Balaban J connectivity index is 1.78. The second-order valence-electron chi connectivity index (χ2n) is 7.05. The van der Waals surface area contributed by atoms with Crippen LogP contribution in [0, 0.1) is 16.7 Å². The van der Waals surface area contributed by atoms with Crippen molar-refractivity contribution in [1.82, 2.24) is 0 Å². The number of fused-ring (bicyclic) bond motifs is 2. The fourth-order valence-electron chi connectivity index (χ4n) is 4.14. The van der Waals surface area contributed by atoms with Crippen LogP contribution in [0.25, 0.3) is 0 Å². The summed E-state index contributed by atoms with van der Waals surface area (Å²) in [6.45, 7) is 6.85. The molecule has 0 aliphatic heterocycles. The van der Waals surface area contributed by atoms with E-state index in [4.69, 9.17) is 4.74 Å². The van der Waals surface area contributed by atoms with E-state index in [-0.39, 0.29) is 28.7 Å². The molecular formula is C17H22O3. The van der Waals surface area contributed by atoms with Gasteiger partial charge in [-0.3, -0.25) is 0 Å². The molecule has 2 saturated carbocycles. The number of benzene rings is 1. The van der Waals surface area contributed by atoms with Gasteiger partial charge >= 0.3 is 5.97 Å². The zero-order chi connectivity index (χ0) is 14.5. The van der Waals surface area contributed by atoms with E-state index in [2.05, 4.69) is 20.8 Å². The zero-order valence-corrected chi connectivity index (χ0v) is 12.3. The minimum absolute atomic E-state index is 0.00824. The van der Waals surface area contributed by atoms with E-state index >= 15 is 0 Å². The Labute approximate surface area is 120 Å². The Hall–Kier alpha value is -1.51. The van der Waals surface area contributed by atoms with E-state index < -0.39 is 0 Å². The van der Waals surface area contributed by atoms with Crippen LogP contribution in [0.2, 0.25) is 0 Å². The highest BCUT2D eigenvalue weighted by molar-refractivity contribution is 5.90. The number of rotatable bonds is 2. The summed E-state index contributed by atoms with van der Waals surface area (Å²) >= 11 is 0. The van der Waals surface area contributed by atoms with Crippen molar-refractivity contribution in [3.05, 3.63) is 29.8 Å². The van der Waals surface area contributed by atoms with Gasteiger partial charge in [-0.15, -0.1) is 0 Å². The number of aromatic hydroxyl groups is 1. The van der Waals surface area contributed by atoms with Gasteiger partial charge in [0.05, 0.1) is 5.56 Å². The fraction of sp³-hybridized carbons (Fsp3) is 0.588. The zero-order valence-electron chi connectivity index (χ0n) is 12.3. The molecule has 20 heavy (non-hydrogen) atoms. The monoisotopic (exact) mass is 274 g/mol. The highest BCUT2D eigenvalue weighted by Gasteiger charge is 2.62. The summed E-state index contributed by atoms with van der Waals surface area (Å²) in [7, 11) is 0. The lowest BCUT2D eigenvalue weighted by molar-refractivity contribution is -0.0242. The predicted octanol–water partition coefficient (Wildman–Crippen LogP) is 3.76. The molecule has 0 radical (unpaired) electrons. The van der Waals surface area contributed by atoms with Crippen LogP contribution < -0.4 is 0 Å². The van der Waals surface area contributed by atoms with Crippen molar-refractivity contribution in [3.63, 3.8) is 0 Å². The quantitative estimate of drug-likeness (QED) is 0.835. The minimum Gasteiger partial charge on any atom is -0.508 e. The van der Waals surface area contributed by atoms with Crippen LogP contribution in [0.4, 0.5) is 0 Å². The number of phenolic OH excluding ortho intramolecular Hbond substituents is 1. The molecule has 0 saturated heterocycles. The topological polar surface area (TPSA) is 46.5 Å². The smallest absolute Gasteiger partial charge is 0.338 e. The van der Waals surface area contributed by atoms with Gasteiger partial charge in [0.1, 0.15) is 11.9 Å². The molecule has 2 aliphatic rings. The van der Waals surface area contributed by atoms with Crippen LogP contribution in [0.3, 0.4) is 0 Å². The van der Waals surface area contributed by atoms with Gasteiger partial charge in [-0.25, -0.2) is 4.79 Å². The summed E-state index contributed by atoms with van der Waals surface area (Å²) in [5, 5.41) is 9.45. The van der Waals surface area contributed by atoms with Gasteiger partial charge in [-0.1, -0.05) is 26.8 Å². The number of esters is 1. The molecule has 3 rings (SSSR count). The predicted molar refractivity (Wildman–Crippen MR) is 76.5 cm³/mol. The van der Waals surface area contributed by atoms with Gasteiger partial charge in [-0.05, 0) is 48.8 Å². The van der Waals surface area contributed by atoms with Crippen LogP contribution in [-0.4, -0.2) is 17.2 Å². The van der Waals surface area contributed by atoms with Gasteiger partial charge in [0.25, 0.3) is 0 Å². The summed E-state index contributed by atoms with van der Waals surface area (Å²) in [6.07, 6.45) is 3.33. The minimum atomic E-state index is -0.324. The summed E-state index contributed by atoms with van der Waals surface area (Å²) in [5.41, 5.74) is 0.732. The van der Waals surface area contributed by atoms with E-state index in [1.54, 1.807) is 18.2 Å². The molecular weight excluding hydrogens is 252 g/mol.